The Morgan fingerprint density at radius 3 is 2.18 bits per heavy atom. The van der Waals surface area contributed by atoms with E-state index in [1.807, 2.05) is 48.5 Å². The molecular formula is C36H49N3O5. The van der Waals surface area contributed by atoms with Crippen LogP contribution < -0.4 is 10.6 Å². The topological polar surface area (TPSA) is 103 Å². The van der Waals surface area contributed by atoms with Crippen molar-refractivity contribution in [2.75, 3.05) is 19.7 Å². The molecule has 2 amide bonds. The summed E-state index contributed by atoms with van der Waals surface area (Å²) in [7, 11) is 0. The lowest BCUT2D eigenvalue weighted by molar-refractivity contribution is -0.276. The highest BCUT2D eigenvalue weighted by Gasteiger charge is 2.51. The van der Waals surface area contributed by atoms with Crippen LogP contribution in [0.1, 0.15) is 92.9 Å². The zero-order valence-corrected chi connectivity index (χ0v) is 26.0. The summed E-state index contributed by atoms with van der Waals surface area (Å²) < 4.78 is 13.3. The summed E-state index contributed by atoms with van der Waals surface area (Å²) in [5.74, 6) is 2.49. The number of benzene rings is 2. The smallest absolute Gasteiger partial charge is 0.315 e. The van der Waals surface area contributed by atoms with Crippen LogP contribution in [0.4, 0.5) is 4.79 Å². The van der Waals surface area contributed by atoms with E-state index in [2.05, 4.69) is 22.5 Å². The number of rotatable bonds is 9. The van der Waals surface area contributed by atoms with Gasteiger partial charge in [-0.15, -0.1) is 0 Å². The van der Waals surface area contributed by atoms with E-state index in [-0.39, 0.29) is 49.0 Å². The molecule has 2 saturated heterocycles. The zero-order valence-electron chi connectivity index (χ0n) is 26.0. The van der Waals surface area contributed by atoms with Crippen molar-refractivity contribution in [3.63, 3.8) is 0 Å². The summed E-state index contributed by atoms with van der Waals surface area (Å²) in [5, 5.41) is 26.0. The third-order valence-corrected chi connectivity index (χ3v) is 11.4. The number of nitrogens with one attached hydrogen (secondary N) is 2. The van der Waals surface area contributed by atoms with Gasteiger partial charge in [-0.25, -0.2) is 4.79 Å². The quantitative estimate of drug-likeness (QED) is 0.315. The molecule has 2 aliphatic heterocycles. The Labute approximate surface area is 261 Å². The van der Waals surface area contributed by atoms with E-state index in [1.54, 1.807) is 0 Å². The third kappa shape index (κ3) is 6.29. The largest absolute Gasteiger partial charge is 0.395 e. The number of ether oxygens (including phenoxy) is 2. The predicted molar refractivity (Wildman–Crippen MR) is 167 cm³/mol. The number of hydrogen-bond acceptors (Lipinski definition) is 6. The van der Waals surface area contributed by atoms with Crippen molar-refractivity contribution < 1.29 is 24.5 Å². The van der Waals surface area contributed by atoms with Crippen LogP contribution in [-0.4, -0.2) is 58.5 Å². The Balaban J connectivity index is 1.01. The van der Waals surface area contributed by atoms with Gasteiger partial charge in [0.05, 0.1) is 25.4 Å². The van der Waals surface area contributed by atoms with Gasteiger partial charge in [0, 0.05) is 36.2 Å². The number of likely N-dealkylation sites (tertiary alicyclic amines) is 1. The third-order valence-electron chi connectivity index (χ3n) is 11.4. The second-order valence-corrected chi connectivity index (χ2v) is 14.5. The van der Waals surface area contributed by atoms with Crippen molar-refractivity contribution in [2.24, 2.45) is 23.7 Å². The van der Waals surface area contributed by atoms with Gasteiger partial charge in [-0.1, -0.05) is 55.5 Å². The number of aliphatic hydroxyl groups excluding tert-OH is 2. The Bertz CT molecular complexity index is 1250. The molecule has 4 saturated carbocycles. The second-order valence-electron chi connectivity index (χ2n) is 14.5. The van der Waals surface area contributed by atoms with Crippen molar-refractivity contribution in [3.8, 4) is 0 Å². The van der Waals surface area contributed by atoms with Gasteiger partial charge >= 0.3 is 6.03 Å². The van der Waals surface area contributed by atoms with Gasteiger partial charge in [-0.3, -0.25) is 4.90 Å². The first kappa shape index (κ1) is 30.2. The van der Waals surface area contributed by atoms with Gasteiger partial charge in [0.1, 0.15) is 0 Å². The monoisotopic (exact) mass is 603 g/mol. The Morgan fingerprint density at radius 1 is 0.909 bits per heavy atom. The summed E-state index contributed by atoms with van der Waals surface area (Å²) in [5.41, 5.74) is 3.93. The summed E-state index contributed by atoms with van der Waals surface area (Å²) in [6.45, 7) is 4.55. The number of hydrogen-bond donors (Lipinski definition) is 4. The fourth-order valence-corrected chi connectivity index (χ4v) is 9.43. The first-order valence-electron chi connectivity index (χ1n) is 16.9. The molecule has 0 radical (unpaired) electrons. The first-order chi connectivity index (χ1) is 21.4. The van der Waals surface area contributed by atoms with E-state index in [1.165, 1.54) is 19.3 Å². The van der Waals surface area contributed by atoms with Crippen molar-refractivity contribution in [3.05, 3.63) is 70.8 Å². The van der Waals surface area contributed by atoms with Gasteiger partial charge in [-0.2, -0.15) is 0 Å². The first-order valence-corrected chi connectivity index (χ1v) is 16.9. The highest BCUT2D eigenvalue weighted by molar-refractivity contribution is 5.75. The number of nitrogens with zero attached hydrogens (tertiary/aromatic N) is 1. The second kappa shape index (κ2) is 12.7. The predicted octanol–water partition coefficient (Wildman–Crippen LogP) is 5.20. The van der Waals surface area contributed by atoms with E-state index in [0.717, 1.165) is 85.2 Å². The van der Waals surface area contributed by atoms with Crippen molar-refractivity contribution in [1.29, 1.82) is 0 Å². The van der Waals surface area contributed by atoms with Gasteiger partial charge in [-0.05, 0) is 92.4 Å². The minimum atomic E-state index is -0.532. The van der Waals surface area contributed by atoms with E-state index in [9.17, 15) is 15.0 Å². The summed E-state index contributed by atoms with van der Waals surface area (Å²) >= 11 is 0. The molecule has 5 atom stereocenters. The molecule has 44 heavy (non-hydrogen) atoms. The molecule has 8 heteroatoms. The number of urea groups is 1. The molecule has 4 aliphatic carbocycles. The lowest BCUT2D eigenvalue weighted by Gasteiger charge is -2.56. The van der Waals surface area contributed by atoms with Crippen LogP contribution in [-0.2, 0) is 22.6 Å². The molecule has 2 aromatic carbocycles. The highest BCUT2D eigenvalue weighted by Crippen LogP contribution is 2.55. The maximum atomic E-state index is 13.0. The molecule has 8 nitrogen and oxygen atoms in total. The number of aliphatic hydroxyl groups is 2. The van der Waals surface area contributed by atoms with Gasteiger partial charge in [0.2, 0.25) is 0 Å². The van der Waals surface area contributed by atoms with E-state index in [4.69, 9.17) is 9.47 Å². The fraction of sp³-hybridized carbons (Fsp3) is 0.639. The molecule has 8 rings (SSSR count). The van der Waals surface area contributed by atoms with Crippen LogP contribution in [0.15, 0.2) is 48.5 Å². The minimum Gasteiger partial charge on any atom is -0.395 e. The summed E-state index contributed by atoms with van der Waals surface area (Å²) in [6.07, 6.45) is 8.86. The van der Waals surface area contributed by atoms with E-state index < -0.39 is 6.29 Å². The number of carbonyl (C=O) groups is 1. The average molecular weight is 604 g/mol. The lowest BCUT2D eigenvalue weighted by atomic mass is 9.53. The minimum absolute atomic E-state index is 0.00719. The van der Waals surface area contributed by atoms with Crippen LogP contribution in [0.25, 0.3) is 0 Å². The number of amides is 2. The summed E-state index contributed by atoms with van der Waals surface area (Å²) in [4.78, 5) is 15.3. The van der Waals surface area contributed by atoms with E-state index in [0.29, 0.717) is 6.54 Å². The Hall–Kier alpha value is -2.49. The molecule has 2 heterocycles. The van der Waals surface area contributed by atoms with Crippen molar-refractivity contribution >= 4 is 6.03 Å². The molecule has 4 N–H and O–H groups in total. The van der Waals surface area contributed by atoms with Gasteiger partial charge < -0.3 is 30.3 Å². The van der Waals surface area contributed by atoms with Gasteiger partial charge in [0.25, 0.3) is 0 Å². The molecule has 6 aliphatic rings. The van der Waals surface area contributed by atoms with E-state index >= 15 is 0 Å². The molecule has 0 aromatic heterocycles. The standard InChI is InChI=1S/C36H49N3O5/c1-23-32(20-39-12-2-3-31(39)22-41)43-34(44-33(23)29-8-6-25(21-40)7-9-29)30-10-4-24(5-11-30)19-37-35(42)38-36-16-26-13-27(17-36)15-28(14-26)18-36/h4-11,23,26-28,31-34,40-41H,2-3,12-22H2,1H3,(H2,37,38,42). The molecule has 6 fully saturated rings. The van der Waals surface area contributed by atoms with Crippen molar-refractivity contribution in [1.82, 2.24) is 15.5 Å². The molecule has 5 unspecified atom stereocenters. The molecule has 4 bridgehead atoms. The Kier molecular flexibility index (Phi) is 8.72. The molecule has 0 spiro atoms. The average Bonchev–Trinajstić information content (AvgIpc) is 3.47. The van der Waals surface area contributed by atoms with Crippen LogP contribution >= 0.6 is 0 Å². The maximum Gasteiger partial charge on any atom is 0.315 e. The Morgan fingerprint density at radius 2 is 1.55 bits per heavy atom. The van der Waals surface area contributed by atoms with Crippen molar-refractivity contribution in [2.45, 2.75) is 102 Å². The molecule has 238 valence electrons. The van der Waals surface area contributed by atoms with Gasteiger partial charge in [0.15, 0.2) is 6.29 Å². The molecule has 2 aromatic rings. The fourth-order valence-electron chi connectivity index (χ4n) is 9.43. The van der Waals surface area contributed by atoms with Crippen LogP contribution in [0.2, 0.25) is 0 Å². The zero-order chi connectivity index (χ0) is 30.3. The van der Waals surface area contributed by atoms with Crippen LogP contribution in [0.5, 0.6) is 0 Å². The lowest BCUT2D eigenvalue weighted by Crippen LogP contribution is -2.61. The molecular weight excluding hydrogens is 554 g/mol. The maximum absolute atomic E-state index is 13.0. The highest BCUT2D eigenvalue weighted by atomic mass is 16.7. The summed E-state index contributed by atoms with van der Waals surface area (Å²) in [6, 6.07) is 16.3. The number of carbonyl (C=O) groups excluding carboxylic acids is 1. The SMILES string of the molecule is CC1C(CN2CCCC2CO)OC(c2ccc(CNC(=O)NC34CC5CC(CC(C5)C3)C4)cc2)OC1c1ccc(CO)cc1. The van der Waals surface area contributed by atoms with Crippen LogP contribution in [0.3, 0.4) is 0 Å². The van der Waals surface area contributed by atoms with Crippen LogP contribution in [0, 0.1) is 23.7 Å². The normalized spacial score (nSPS) is 36.4.